The van der Waals surface area contributed by atoms with Crippen LogP contribution < -0.4 is 14.4 Å². The zero-order valence-corrected chi connectivity index (χ0v) is 17.3. The number of benzene rings is 2. The first kappa shape index (κ1) is 19.7. The Morgan fingerprint density at radius 1 is 1.19 bits per heavy atom. The van der Waals surface area contributed by atoms with Gasteiger partial charge >= 0.3 is 0 Å². The zero-order valence-electron chi connectivity index (χ0n) is 14.9. The molecule has 7 heteroatoms. The maximum absolute atomic E-state index is 12.8. The lowest BCUT2D eigenvalue weighted by atomic mass is 10.2. The van der Waals surface area contributed by atoms with Crippen LogP contribution in [-0.4, -0.2) is 23.9 Å². The van der Waals surface area contributed by atoms with Crippen molar-refractivity contribution in [3.63, 3.8) is 0 Å². The minimum Gasteiger partial charge on any atom is -0.493 e. The second kappa shape index (κ2) is 8.78. The van der Waals surface area contributed by atoms with Crippen molar-refractivity contribution in [2.75, 3.05) is 18.6 Å². The largest absolute Gasteiger partial charge is 0.493 e. The summed E-state index contributed by atoms with van der Waals surface area (Å²) in [5.41, 5.74) is 1.54. The number of anilines is 1. The van der Waals surface area contributed by atoms with Gasteiger partial charge in [-0.2, -0.15) is 0 Å². The molecule has 4 nitrogen and oxygen atoms in total. The third-order valence-corrected chi connectivity index (χ3v) is 5.38. The predicted molar refractivity (Wildman–Crippen MR) is 116 cm³/mol. The quantitative estimate of drug-likeness (QED) is 0.453. The monoisotopic (exact) mass is 419 g/mol. The van der Waals surface area contributed by atoms with Crippen LogP contribution in [0.2, 0.25) is 5.02 Å². The fourth-order valence-electron chi connectivity index (χ4n) is 2.54. The Bertz CT molecular complexity index is 897. The number of rotatable bonds is 6. The minimum absolute atomic E-state index is 0.155. The summed E-state index contributed by atoms with van der Waals surface area (Å²) in [6.07, 6.45) is 2.72. The molecule has 1 fully saturated rings. The fourth-order valence-corrected chi connectivity index (χ4v) is 3.96. The first-order chi connectivity index (χ1) is 13.0. The summed E-state index contributed by atoms with van der Waals surface area (Å²) in [6.45, 7) is 2.67. The second-order valence-electron chi connectivity index (χ2n) is 5.75. The van der Waals surface area contributed by atoms with Crippen LogP contribution >= 0.6 is 35.6 Å². The Kier molecular flexibility index (Phi) is 6.42. The van der Waals surface area contributed by atoms with Gasteiger partial charge in [-0.1, -0.05) is 48.6 Å². The molecule has 1 heterocycles. The van der Waals surface area contributed by atoms with E-state index in [0.717, 1.165) is 12.0 Å². The molecule has 0 saturated carbocycles. The number of nitrogens with zero attached hydrogens (tertiary/aromatic N) is 1. The van der Waals surface area contributed by atoms with E-state index in [1.54, 1.807) is 37.5 Å². The average molecular weight is 420 g/mol. The summed E-state index contributed by atoms with van der Waals surface area (Å²) in [4.78, 5) is 14.9. The Morgan fingerprint density at radius 3 is 2.59 bits per heavy atom. The summed E-state index contributed by atoms with van der Waals surface area (Å²) in [5.74, 6) is 1.16. The summed E-state index contributed by atoms with van der Waals surface area (Å²) in [7, 11) is 1.60. The number of carbonyl (C=O) groups excluding carboxylic acids is 1. The van der Waals surface area contributed by atoms with E-state index < -0.39 is 0 Å². The topological polar surface area (TPSA) is 38.8 Å². The van der Waals surface area contributed by atoms with E-state index in [0.29, 0.717) is 38.0 Å². The van der Waals surface area contributed by atoms with Gasteiger partial charge in [0.05, 0.1) is 24.3 Å². The van der Waals surface area contributed by atoms with E-state index in [9.17, 15) is 4.79 Å². The number of ether oxygens (including phenoxy) is 2. The van der Waals surface area contributed by atoms with Crippen molar-refractivity contribution in [2.24, 2.45) is 0 Å². The summed E-state index contributed by atoms with van der Waals surface area (Å²) in [5, 5.41) is 0.609. The molecule has 0 aliphatic carbocycles. The highest BCUT2D eigenvalue weighted by Gasteiger charge is 2.33. The van der Waals surface area contributed by atoms with Crippen molar-refractivity contribution >= 4 is 57.6 Å². The molecule has 1 saturated heterocycles. The molecule has 2 aromatic rings. The third kappa shape index (κ3) is 4.46. The van der Waals surface area contributed by atoms with Crippen LogP contribution in [0.1, 0.15) is 18.9 Å². The number of halogens is 1. The highest BCUT2D eigenvalue weighted by molar-refractivity contribution is 8.27. The van der Waals surface area contributed by atoms with Crippen molar-refractivity contribution < 1.29 is 14.3 Å². The van der Waals surface area contributed by atoms with Gasteiger partial charge < -0.3 is 9.47 Å². The van der Waals surface area contributed by atoms with Gasteiger partial charge in [0.2, 0.25) is 0 Å². The molecular weight excluding hydrogens is 402 g/mol. The van der Waals surface area contributed by atoms with Gasteiger partial charge in [0, 0.05) is 5.02 Å². The number of amides is 1. The molecule has 0 aromatic heterocycles. The van der Waals surface area contributed by atoms with E-state index >= 15 is 0 Å². The zero-order chi connectivity index (χ0) is 19.4. The summed E-state index contributed by atoms with van der Waals surface area (Å²) < 4.78 is 11.6. The fraction of sp³-hybridized carbons (Fsp3) is 0.200. The molecule has 1 aliphatic rings. The van der Waals surface area contributed by atoms with Crippen LogP contribution in [0.5, 0.6) is 11.5 Å². The van der Waals surface area contributed by atoms with Crippen LogP contribution in [0.15, 0.2) is 47.4 Å². The van der Waals surface area contributed by atoms with Crippen molar-refractivity contribution in [3.8, 4) is 11.5 Å². The molecule has 140 valence electrons. The number of thiocarbonyl (C=S) groups is 1. The van der Waals surface area contributed by atoms with E-state index in [-0.39, 0.29) is 5.91 Å². The van der Waals surface area contributed by atoms with Gasteiger partial charge in [0.1, 0.15) is 0 Å². The number of methoxy groups -OCH3 is 1. The molecule has 0 atom stereocenters. The molecule has 0 unspecified atom stereocenters. The Hall–Kier alpha value is -2.02. The van der Waals surface area contributed by atoms with Crippen molar-refractivity contribution in [3.05, 3.63) is 58.0 Å². The number of hydrogen-bond donors (Lipinski definition) is 0. The smallest absolute Gasteiger partial charge is 0.270 e. The van der Waals surface area contributed by atoms with Crippen LogP contribution in [-0.2, 0) is 4.79 Å². The van der Waals surface area contributed by atoms with Gasteiger partial charge in [-0.3, -0.25) is 9.69 Å². The Labute approximate surface area is 173 Å². The molecule has 1 aliphatic heterocycles. The molecule has 0 N–H and O–H groups in total. The van der Waals surface area contributed by atoms with Gasteiger partial charge in [-0.15, -0.1) is 0 Å². The maximum atomic E-state index is 12.8. The molecule has 2 aromatic carbocycles. The minimum atomic E-state index is -0.155. The van der Waals surface area contributed by atoms with E-state index in [1.807, 2.05) is 25.1 Å². The normalized spacial score (nSPS) is 15.5. The third-order valence-electron chi connectivity index (χ3n) is 3.83. The number of hydrogen-bond acceptors (Lipinski definition) is 5. The summed E-state index contributed by atoms with van der Waals surface area (Å²) >= 11 is 12.6. The standard InChI is InChI=1S/C20H18ClNO3S2/c1-3-10-25-16-9-4-13(11-17(16)24-2)12-18-19(23)22(20(26)27-18)15-7-5-14(21)6-8-15/h4-9,11-12H,3,10H2,1-2H3/b18-12-. The lowest BCUT2D eigenvalue weighted by Crippen LogP contribution is -2.27. The second-order valence-corrected chi connectivity index (χ2v) is 7.86. The van der Waals surface area contributed by atoms with E-state index in [1.165, 1.54) is 16.7 Å². The lowest BCUT2D eigenvalue weighted by molar-refractivity contribution is -0.113. The Morgan fingerprint density at radius 2 is 1.93 bits per heavy atom. The molecule has 3 rings (SSSR count). The molecular formula is C20H18ClNO3S2. The van der Waals surface area contributed by atoms with Crippen molar-refractivity contribution in [2.45, 2.75) is 13.3 Å². The average Bonchev–Trinajstić information content (AvgIpc) is 2.94. The van der Waals surface area contributed by atoms with Crippen LogP contribution in [0.25, 0.3) is 6.08 Å². The predicted octanol–water partition coefficient (Wildman–Crippen LogP) is 5.54. The van der Waals surface area contributed by atoms with Gasteiger partial charge in [-0.05, 0) is 54.5 Å². The number of carbonyl (C=O) groups is 1. The van der Waals surface area contributed by atoms with Gasteiger partial charge in [0.25, 0.3) is 5.91 Å². The maximum Gasteiger partial charge on any atom is 0.270 e. The molecule has 0 radical (unpaired) electrons. The first-order valence-electron chi connectivity index (χ1n) is 8.38. The van der Waals surface area contributed by atoms with Crippen LogP contribution in [0.3, 0.4) is 0 Å². The molecule has 0 bridgehead atoms. The van der Waals surface area contributed by atoms with E-state index in [4.69, 9.17) is 33.3 Å². The number of thioether (sulfide) groups is 1. The SMILES string of the molecule is CCCOc1ccc(/C=C2\SC(=S)N(c3ccc(Cl)cc3)C2=O)cc1OC. The first-order valence-corrected chi connectivity index (χ1v) is 9.98. The van der Waals surface area contributed by atoms with E-state index in [2.05, 4.69) is 0 Å². The van der Waals surface area contributed by atoms with Crippen molar-refractivity contribution in [1.29, 1.82) is 0 Å². The lowest BCUT2D eigenvalue weighted by Gasteiger charge is -2.14. The molecule has 1 amide bonds. The molecule has 0 spiro atoms. The Balaban J connectivity index is 1.86. The summed E-state index contributed by atoms with van der Waals surface area (Å²) in [6, 6.07) is 12.6. The highest BCUT2D eigenvalue weighted by Crippen LogP contribution is 2.37. The van der Waals surface area contributed by atoms with Gasteiger partial charge in [-0.25, -0.2) is 0 Å². The van der Waals surface area contributed by atoms with Crippen molar-refractivity contribution in [1.82, 2.24) is 0 Å². The molecule has 27 heavy (non-hydrogen) atoms. The van der Waals surface area contributed by atoms with Crippen LogP contribution in [0.4, 0.5) is 5.69 Å². The van der Waals surface area contributed by atoms with Crippen LogP contribution in [0, 0.1) is 0 Å². The van der Waals surface area contributed by atoms with Gasteiger partial charge in [0.15, 0.2) is 15.8 Å². The highest BCUT2D eigenvalue weighted by atomic mass is 35.5.